The molecule has 10 heteroatoms. The molecule has 1 unspecified atom stereocenters. The van der Waals surface area contributed by atoms with Gasteiger partial charge in [0.25, 0.3) is 0 Å². The number of hydrogen-bond donors (Lipinski definition) is 1. The zero-order valence-corrected chi connectivity index (χ0v) is 23.7. The molecule has 3 aromatic carbocycles. The van der Waals surface area contributed by atoms with Crippen molar-refractivity contribution in [1.82, 2.24) is 19.7 Å². The number of carbonyl (C=O) groups excluding carboxylic acids is 1. The molecule has 0 fully saturated rings. The van der Waals surface area contributed by atoms with Crippen molar-refractivity contribution in [2.75, 3.05) is 11.1 Å². The van der Waals surface area contributed by atoms with Crippen LogP contribution in [0.5, 0.6) is 5.75 Å². The van der Waals surface area contributed by atoms with E-state index in [0.29, 0.717) is 21.8 Å². The first kappa shape index (κ1) is 26.2. The predicted octanol–water partition coefficient (Wildman–Crippen LogP) is 7.23. The van der Waals surface area contributed by atoms with Gasteiger partial charge in [-0.1, -0.05) is 35.5 Å². The van der Waals surface area contributed by atoms with Crippen molar-refractivity contribution in [3.8, 4) is 16.3 Å². The van der Waals surface area contributed by atoms with Crippen molar-refractivity contribution >= 4 is 56.5 Å². The van der Waals surface area contributed by atoms with Gasteiger partial charge in [-0.05, 0) is 80.4 Å². The van der Waals surface area contributed by atoms with E-state index in [-0.39, 0.29) is 17.8 Å². The van der Waals surface area contributed by atoms with Gasteiger partial charge in [0.15, 0.2) is 17.1 Å². The fraction of sp³-hybridized carbons (Fsp3) is 0.214. The highest BCUT2D eigenvalue weighted by molar-refractivity contribution is 7.99. The molecule has 1 amide bonds. The Kier molecular flexibility index (Phi) is 7.69. The summed E-state index contributed by atoms with van der Waals surface area (Å²) in [4.78, 5) is 17.3. The number of benzene rings is 3. The Bertz CT molecular complexity index is 1610. The number of halogens is 1. The van der Waals surface area contributed by atoms with Gasteiger partial charge in [0.05, 0.1) is 21.0 Å². The Morgan fingerprint density at radius 2 is 1.82 bits per heavy atom. The molecule has 5 aromatic rings. The Morgan fingerprint density at radius 3 is 2.61 bits per heavy atom. The van der Waals surface area contributed by atoms with E-state index < -0.39 is 0 Å². The maximum Gasteiger partial charge on any atom is 0.234 e. The first-order chi connectivity index (χ1) is 18.3. The minimum Gasteiger partial charge on any atom is -0.481 e. The lowest BCUT2D eigenvalue weighted by Gasteiger charge is -2.15. The number of aromatic nitrogens is 4. The Hall–Kier alpha value is -3.40. The van der Waals surface area contributed by atoms with Crippen molar-refractivity contribution in [3.63, 3.8) is 0 Å². The molecule has 2 aromatic heterocycles. The van der Waals surface area contributed by atoms with Crippen LogP contribution in [0.25, 0.3) is 20.8 Å². The van der Waals surface area contributed by atoms with Crippen molar-refractivity contribution in [2.24, 2.45) is 7.05 Å². The molecule has 5 rings (SSSR count). The van der Waals surface area contributed by atoms with Gasteiger partial charge < -0.3 is 14.6 Å². The van der Waals surface area contributed by atoms with Crippen LogP contribution < -0.4 is 10.1 Å². The number of thioether (sulfide) groups is 1. The van der Waals surface area contributed by atoms with E-state index in [0.717, 1.165) is 27.3 Å². The van der Waals surface area contributed by atoms with E-state index in [1.807, 2.05) is 74.0 Å². The van der Waals surface area contributed by atoms with Gasteiger partial charge in [-0.3, -0.25) is 4.79 Å². The molecule has 0 aliphatic heterocycles. The van der Waals surface area contributed by atoms with E-state index >= 15 is 0 Å². The molecule has 0 bridgehead atoms. The van der Waals surface area contributed by atoms with E-state index in [9.17, 15) is 4.79 Å². The van der Waals surface area contributed by atoms with Crippen LogP contribution in [0.1, 0.15) is 30.0 Å². The second kappa shape index (κ2) is 11.1. The number of thiazole rings is 1. The zero-order chi connectivity index (χ0) is 26.8. The number of anilines is 1. The number of amides is 1. The summed E-state index contributed by atoms with van der Waals surface area (Å²) in [6.45, 7) is 5.95. The Morgan fingerprint density at radius 1 is 1.08 bits per heavy atom. The third kappa shape index (κ3) is 5.85. The molecule has 0 saturated heterocycles. The fourth-order valence-corrected chi connectivity index (χ4v) is 5.88. The van der Waals surface area contributed by atoms with Crippen molar-refractivity contribution < 1.29 is 9.53 Å². The molecule has 0 aliphatic carbocycles. The maximum absolute atomic E-state index is 12.6. The van der Waals surface area contributed by atoms with E-state index in [1.165, 1.54) is 22.0 Å². The number of aryl methyl sites for hydroxylation is 2. The smallest absolute Gasteiger partial charge is 0.234 e. The first-order valence-corrected chi connectivity index (χ1v) is 14.2. The molecule has 1 N–H and O–H groups in total. The third-order valence-electron chi connectivity index (χ3n) is 5.91. The fourth-order valence-electron chi connectivity index (χ4n) is 3.93. The number of rotatable bonds is 8. The van der Waals surface area contributed by atoms with Gasteiger partial charge in [0.1, 0.15) is 10.8 Å². The molecule has 7 nitrogen and oxygen atoms in total. The molecular formula is C28H26ClN5O2S2. The SMILES string of the molecule is Cc1ccc(Cl)c(OC(C)c2nnc(SCC(=O)Nc3ccc(-c4nc5ccc(C)cc5s4)cc3)n2C)c1. The summed E-state index contributed by atoms with van der Waals surface area (Å²) in [5.74, 6) is 1.31. The minimum atomic E-state index is -0.368. The number of ether oxygens (including phenoxy) is 1. The summed E-state index contributed by atoms with van der Waals surface area (Å²) < 4.78 is 9.03. The average Bonchev–Trinajstić information content (AvgIpc) is 3.48. The predicted molar refractivity (Wildman–Crippen MR) is 155 cm³/mol. The lowest BCUT2D eigenvalue weighted by Crippen LogP contribution is -2.14. The van der Waals surface area contributed by atoms with Crippen LogP contribution in [-0.4, -0.2) is 31.4 Å². The van der Waals surface area contributed by atoms with Crippen LogP contribution >= 0.6 is 34.7 Å². The third-order valence-corrected chi connectivity index (χ3v) is 8.31. The first-order valence-electron chi connectivity index (χ1n) is 12.0. The molecule has 194 valence electrons. The maximum atomic E-state index is 12.6. The average molecular weight is 564 g/mol. The summed E-state index contributed by atoms with van der Waals surface area (Å²) in [6, 6.07) is 19.6. The molecule has 0 aliphatic rings. The second-order valence-electron chi connectivity index (χ2n) is 9.00. The Labute approximate surface area is 234 Å². The van der Waals surface area contributed by atoms with Gasteiger partial charge in [-0.15, -0.1) is 21.5 Å². The van der Waals surface area contributed by atoms with Gasteiger partial charge in [0, 0.05) is 18.3 Å². The van der Waals surface area contributed by atoms with Crippen LogP contribution in [0.2, 0.25) is 5.02 Å². The summed E-state index contributed by atoms with van der Waals surface area (Å²) in [6.07, 6.45) is -0.368. The summed E-state index contributed by atoms with van der Waals surface area (Å²) in [7, 11) is 1.86. The van der Waals surface area contributed by atoms with E-state index in [2.05, 4.69) is 34.6 Å². The Balaban J connectivity index is 1.17. The topological polar surface area (TPSA) is 81.9 Å². The standard InChI is InChI=1S/C28H26ClN5O2S2/c1-16-5-11-21(29)23(13-16)36-18(3)26-32-33-28(34(26)4)37-15-25(35)30-20-9-7-19(8-10-20)27-31-22-12-6-17(2)14-24(22)38-27/h5-14,18H,15H2,1-4H3,(H,30,35). The molecule has 1 atom stereocenters. The van der Waals surface area contributed by atoms with E-state index in [4.69, 9.17) is 21.3 Å². The molecule has 0 radical (unpaired) electrons. The van der Waals surface area contributed by atoms with Gasteiger partial charge in [-0.25, -0.2) is 4.98 Å². The number of nitrogens with one attached hydrogen (secondary N) is 1. The van der Waals surface area contributed by atoms with Crippen LogP contribution in [-0.2, 0) is 11.8 Å². The van der Waals surface area contributed by atoms with Crippen LogP contribution in [0, 0.1) is 13.8 Å². The molecule has 2 heterocycles. The molecule has 0 saturated carbocycles. The van der Waals surface area contributed by atoms with Crippen molar-refractivity contribution in [1.29, 1.82) is 0 Å². The van der Waals surface area contributed by atoms with Crippen LogP contribution in [0.15, 0.2) is 65.8 Å². The lowest BCUT2D eigenvalue weighted by atomic mass is 10.2. The van der Waals surface area contributed by atoms with Crippen molar-refractivity contribution in [3.05, 3.63) is 82.6 Å². The monoisotopic (exact) mass is 563 g/mol. The second-order valence-corrected chi connectivity index (χ2v) is 11.4. The lowest BCUT2D eigenvalue weighted by molar-refractivity contribution is -0.113. The van der Waals surface area contributed by atoms with Gasteiger partial charge in [-0.2, -0.15) is 0 Å². The summed E-state index contributed by atoms with van der Waals surface area (Å²) in [5.41, 5.74) is 5.02. The minimum absolute atomic E-state index is 0.126. The summed E-state index contributed by atoms with van der Waals surface area (Å²) >= 11 is 9.25. The van der Waals surface area contributed by atoms with Crippen LogP contribution in [0.3, 0.4) is 0 Å². The van der Waals surface area contributed by atoms with E-state index in [1.54, 1.807) is 11.3 Å². The number of nitrogens with zero attached hydrogens (tertiary/aromatic N) is 4. The molecule has 0 spiro atoms. The number of fused-ring (bicyclic) bond motifs is 1. The highest BCUT2D eigenvalue weighted by Gasteiger charge is 2.19. The highest BCUT2D eigenvalue weighted by Crippen LogP contribution is 2.32. The highest BCUT2D eigenvalue weighted by atomic mass is 35.5. The molecule has 38 heavy (non-hydrogen) atoms. The number of carbonyl (C=O) groups is 1. The zero-order valence-electron chi connectivity index (χ0n) is 21.4. The summed E-state index contributed by atoms with van der Waals surface area (Å²) in [5, 5.41) is 13.6. The van der Waals surface area contributed by atoms with Crippen molar-refractivity contribution in [2.45, 2.75) is 32.0 Å². The van der Waals surface area contributed by atoms with Crippen LogP contribution in [0.4, 0.5) is 5.69 Å². The normalized spacial score (nSPS) is 12.0. The van der Waals surface area contributed by atoms with Gasteiger partial charge in [0.2, 0.25) is 5.91 Å². The number of hydrogen-bond acceptors (Lipinski definition) is 7. The quantitative estimate of drug-likeness (QED) is 0.200. The largest absolute Gasteiger partial charge is 0.481 e. The molecular weight excluding hydrogens is 538 g/mol. The van der Waals surface area contributed by atoms with Gasteiger partial charge >= 0.3 is 0 Å².